The van der Waals surface area contributed by atoms with E-state index in [0.717, 1.165) is 5.39 Å². The van der Waals surface area contributed by atoms with E-state index in [4.69, 9.17) is 4.74 Å². The molecular weight excluding hydrogens is 334 g/mol. The molecule has 0 fully saturated rings. The molecule has 1 N–H and O–H groups in total. The van der Waals surface area contributed by atoms with E-state index in [0.29, 0.717) is 36.0 Å². The summed E-state index contributed by atoms with van der Waals surface area (Å²) in [6.07, 6.45) is 0. The molecule has 0 saturated heterocycles. The monoisotopic (exact) mass is 351 g/mol. The van der Waals surface area contributed by atoms with Gasteiger partial charge in [-0.1, -0.05) is 46.3 Å². The van der Waals surface area contributed by atoms with E-state index in [9.17, 15) is 9.90 Å². The van der Waals surface area contributed by atoms with Crippen LogP contribution in [0.1, 0.15) is 10.4 Å². The Kier molecular flexibility index (Phi) is 5.59. The molecule has 0 radical (unpaired) electrons. The van der Waals surface area contributed by atoms with E-state index in [-0.39, 0.29) is 11.7 Å². The van der Waals surface area contributed by atoms with Gasteiger partial charge < -0.3 is 14.7 Å². The molecule has 2 rings (SSSR count). The summed E-state index contributed by atoms with van der Waals surface area (Å²) < 4.78 is 5.03. The summed E-state index contributed by atoms with van der Waals surface area (Å²) in [6, 6.07) is 11.0. The topological polar surface area (TPSA) is 49.8 Å². The average molecular weight is 352 g/mol. The van der Waals surface area contributed by atoms with Crippen LogP contribution < -0.4 is 0 Å². The van der Waals surface area contributed by atoms with Crippen LogP contribution in [0.3, 0.4) is 0 Å². The second-order valence-electron chi connectivity index (χ2n) is 4.66. The summed E-state index contributed by atoms with van der Waals surface area (Å²) in [5.41, 5.74) is 0.325. The van der Waals surface area contributed by atoms with Gasteiger partial charge >= 0.3 is 0 Å². The van der Waals surface area contributed by atoms with Gasteiger partial charge in [0.15, 0.2) is 0 Å². The Morgan fingerprint density at radius 3 is 2.71 bits per heavy atom. The van der Waals surface area contributed by atoms with Gasteiger partial charge in [0, 0.05) is 30.9 Å². The molecule has 2 aromatic rings. The summed E-state index contributed by atoms with van der Waals surface area (Å²) >= 11 is 3.34. The number of phenolic OH excluding ortho intramolecular Hbond substituents is 1. The summed E-state index contributed by atoms with van der Waals surface area (Å²) in [6.45, 7) is 1.52. The van der Waals surface area contributed by atoms with Crippen molar-refractivity contribution in [3.8, 4) is 5.75 Å². The number of aromatic hydroxyl groups is 1. The number of ether oxygens (including phenoxy) is 1. The second-order valence-corrected chi connectivity index (χ2v) is 5.45. The Morgan fingerprint density at radius 1 is 1.24 bits per heavy atom. The van der Waals surface area contributed by atoms with Crippen molar-refractivity contribution in [3.05, 3.63) is 42.0 Å². The van der Waals surface area contributed by atoms with Crippen molar-refractivity contribution >= 4 is 32.6 Å². The Bertz CT molecular complexity index is 630. The summed E-state index contributed by atoms with van der Waals surface area (Å²) in [7, 11) is 1.60. The predicted molar refractivity (Wildman–Crippen MR) is 87.2 cm³/mol. The number of rotatable bonds is 6. The SMILES string of the molecule is COCCN(CCBr)C(=O)c1ccc2ccccc2c1O. The van der Waals surface area contributed by atoms with Crippen molar-refractivity contribution in [2.24, 2.45) is 0 Å². The van der Waals surface area contributed by atoms with E-state index in [1.54, 1.807) is 18.1 Å². The van der Waals surface area contributed by atoms with Crippen LogP contribution in [0.4, 0.5) is 0 Å². The molecular formula is C16H18BrNO3. The zero-order valence-corrected chi connectivity index (χ0v) is 13.5. The van der Waals surface area contributed by atoms with Crippen LogP contribution in [-0.2, 0) is 4.74 Å². The Labute approximate surface area is 132 Å². The third-order valence-electron chi connectivity index (χ3n) is 3.34. The van der Waals surface area contributed by atoms with Gasteiger partial charge in [-0.05, 0) is 11.5 Å². The van der Waals surface area contributed by atoms with Crippen LogP contribution in [0, 0.1) is 0 Å². The molecule has 5 heteroatoms. The number of phenols is 1. The first-order valence-electron chi connectivity index (χ1n) is 6.74. The first kappa shape index (κ1) is 15.8. The number of nitrogens with zero attached hydrogens (tertiary/aromatic N) is 1. The number of carbonyl (C=O) groups is 1. The smallest absolute Gasteiger partial charge is 0.257 e. The maximum atomic E-state index is 12.6. The van der Waals surface area contributed by atoms with E-state index < -0.39 is 0 Å². The molecule has 0 spiro atoms. The Hall–Kier alpha value is -1.59. The Morgan fingerprint density at radius 2 is 2.00 bits per heavy atom. The molecule has 0 saturated carbocycles. The van der Waals surface area contributed by atoms with Crippen molar-refractivity contribution in [2.45, 2.75) is 0 Å². The van der Waals surface area contributed by atoms with E-state index >= 15 is 0 Å². The average Bonchev–Trinajstić information content (AvgIpc) is 2.51. The van der Waals surface area contributed by atoms with Gasteiger partial charge in [0.2, 0.25) is 0 Å². The fraction of sp³-hybridized carbons (Fsp3) is 0.312. The molecule has 21 heavy (non-hydrogen) atoms. The molecule has 2 aromatic carbocycles. The fourth-order valence-corrected chi connectivity index (χ4v) is 2.64. The number of alkyl halides is 1. The number of carbonyl (C=O) groups excluding carboxylic acids is 1. The minimum absolute atomic E-state index is 0.0371. The minimum Gasteiger partial charge on any atom is -0.506 e. The Balaban J connectivity index is 2.34. The molecule has 4 nitrogen and oxygen atoms in total. The molecule has 0 aliphatic heterocycles. The number of benzene rings is 2. The van der Waals surface area contributed by atoms with Crippen molar-refractivity contribution in [3.63, 3.8) is 0 Å². The lowest BCUT2D eigenvalue weighted by Crippen LogP contribution is -2.35. The van der Waals surface area contributed by atoms with Crippen molar-refractivity contribution in [1.82, 2.24) is 4.90 Å². The van der Waals surface area contributed by atoms with Crippen molar-refractivity contribution in [2.75, 3.05) is 32.1 Å². The minimum atomic E-state index is -0.185. The molecule has 0 aliphatic carbocycles. The van der Waals surface area contributed by atoms with Crippen molar-refractivity contribution < 1.29 is 14.6 Å². The van der Waals surface area contributed by atoms with Gasteiger partial charge in [0.05, 0.1) is 12.2 Å². The largest absolute Gasteiger partial charge is 0.506 e. The highest BCUT2D eigenvalue weighted by atomic mass is 79.9. The van der Waals surface area contributed by atoms with Crippen LogP contribution >= 0.6 is 15.9 Å². The molecule has 0 bridgehead atoms. The second kappa shape index (κ2) is 7.43. The first-order valence-corrected chi connectivity index (χ1v) is 7.86. The zero-order valence-electron chi connectivity index (χ0n) is 11.9. The number of hydrogen-bond donors (Lipinski definition) is 1. The molecule has 1 amide bonds. The zero-order chi connectivity index (χ0) is 15.2. The third-order valence-corrected chi connectivity index (χ3v) is 3.69. The lowest BCUT2D eigenvalue weighted by Gasteiger charge is -2.22. The quantitative estimate of drug-likeness (QED) is 0.813. The van der Waals surface area contributed by atoms with E-state index in [1.807, 2.05) is 30.3 Å². The standard InChI is InChI=1S/C16H18BrNO3/c1-21-11-10-18(9-8-17)16(20)14-7-6-12-4-2-3-5-13(12)15(14)19/h2-7,19H,8-11H2,1H3. The molecule has 0 aliphatic rings. The number of fused-ring (bicyclic) bond motifs is 1. The van der Waals surface area contributed by atoms with Crippen LogP contribution in [-0.4, -0.2) is 48.0 Å². The summed E-state index contributed by atoms with van der Waals surface area (Å²) in [5.74, 6) is -0.148. The van der Waals surface area contributed by atoms with Gasteiger partial charge in [-0.25, -0.2) is 0 Å². The molecule has 0 heterocycles. The van der Waals surface area contributed by atoms with Gasteiger partial charge in [0.25, 0.3) is 5.91 Å². The fourth-order valence-electron chi connectivity index (χ4n) is 2.22. The lowest BCUT2D eigenvalue weighted by atomic mass is 10.0. The van der Waals surface area contributed by atoms with Crippen LogP contribution in [0.15, 0.2) is 36.4 Å². The van der Waals surface area contributed by atoms with Crippen molar-refractivity contribution in [1.29, 1.82) is 0 Å². The number of halogens is 1. The highest BCUT2D eigenvalue weighted by Gasteiger charge is 2.19. The maximum absolute atomic E-state index is 12.6. The van der Waals surface area contributed by atoms with Gasteiger partial charge in [-0.3, -0.25) is 4.79 Å². The molecule has 0 aromatic heterocycles. The highest BCUT2D eigenvalue weighted by Crippen LogP contribution is 2.29. The third kappa shape index (κ3) is 3.54. The first-order chi connectivity index (χ1) is 10.2. The maximum Gasteiger partial charge on any atom is 0.257 e. The number of methoxy groups -OCH3 is 1. The molecule has 0 atom stereocenters. The van der Waals surface area contributed by atoms with Crippen LogP contribution in [0.25, 0.3) is 10.8 Å². The van der Waals surface area contributed by atoms with Crippen LogP contribution in [0.5, 0.6) is 5.75 Å². The van der Waals surface area contributed by atoms with E-state index in [2.05, 4.69) is 15.9 Å². The van der Waals surface area contributed by atoms with Gasteiger partial charge in [-0.2, -0.15) is 0 Å². The number of amides is 1. The summed E-state index contributed by atoms with van der Waals surface area (Å²) in [4.78, 5) is 14.3. The normalized spacial score (nSPS) is 10.8. The number of hydrogen-bond acceptors (Lipinski definition) is 3. The molecule has 0 unspecified atom stereocenters. The predicted octanol–water partition coefficient (Wildman–Crippen LogP) is 3.03. The lowest BCUT2D eigenvalue weighted by molar-refractivity contribution is 0.0706. The molecule has 112 valence electrons. The van der Waals surface area contributed by atoms with Crippen LogP contribution in [0.2, 0.25) is 0 Å². The van der Waals surface area contributed by atoms with Gasteiger partial charge in [0.1, 0.15) is 5.75 Å². The van der Waals surface area contributed by atoms with E-state index in [1.165, 1.54) is 0 Å². The summed E-state index contributed by atoms with van der Waals surface area (Å²) in [5, 5.41) is 12.7. The highest BCUT2D eigenvalue weighted by molar-refractivity contribution is 9.09. The van der Waals surface area contributed by atoms with Gasteiger partial charge in [-0.15, -0.1) is 0 Å².